The quantitative estimate of drug-likeness (QED) is 0.626. The SMILES string of the molecule is CSCC[C@H](NC(=O)CNCc1ccc(C#N)cc1)C(=O)O. The fourth-order valence-corrected chi connectivity index (χ4v) is 2.23. The number of aliphatic carboxylic acids is 1. The van der Waals surface area contributed by atoms with E-state index in [1.54, 1.807) is 12.1 Å². The lowest BCUT2D eigenvalue weighted by Gasteiger charge is -2.14. The Hall–Kier alpha value is -2.04. The van der Waals surface area contributed by atoms with Crippen LogP contribution in [0, 0.1) is 11.3 Å². The van der Waals surface area contributed by atoms with Gasteiger partial charge in [-0.3, -0.25) is 4.79 Å². The van der Waals surface area contributed by atoms with Crippen LogP contribution in [-0.4, -0.2) is 41.6 Å². The van der Waals surface area contributed by atoms with Crippen LogP contribution in [-0.2, 0) is 16.1 Å². The molecule has 0 aliphatic rings. The van der Waals surface area contributed by atoms with Crippen molar-refractivity contribution in [2.45, 2.75) is 19.0 Å². The average molecular weight is 321 g/mol. The van der Waals surface area contributed by atoms with Crippen molar-refractivity contribution in [2.75, 3.05) is 18.6 Å². The number of thioether (sulfide) groups is 1. The number of carbonyl (C=O) groups is 2. The number of hydrogen-bond acceptors (Lipinski definition) is 5. The summed E-state index contributed by atoms with van der Waals surface area (Å²) < 4.78 is 0. The second-order valence-corrected chi connectivity index (χ2v) is 5.64. The van der Waals surface area contributed by atoms with Crippen molar-refractivity contribution < 1.29 is 14.7 Å². The molecule has 0 unspecified atom stereocenters. The van der Waals surface area contributed by atoms with E-state index in [9.17, 15) is 9.59 Å². The Balaban J connectivity index is 2.35. The predicted molar refractivity (Wildman–Crippen MR) is 85.4 cm³/mol. The molecule has 1 atom stereocenters. The molecule has 6 nitrogen and oxygen atoms in total. The molecule has 0 aliphatic heterocycles. The zero-order valence-electron chi connectivity index (χ0n) is 12.3. The summed E-state index contributed by atoms with van der Waals surface area (Å²) in [6, 6.07) is 8.22. The first-order chi connectivity index (χ1) is 10.6. The number of amides is 1. The number of nitrogens with zero attached hydrogens (tertiary/aromatic N) is 1. The summed E-state index contributed by atoms with van der Waals surface area (Å²) in [5.41, 5.74) is 1.53. The van der Waals surface area contributed by atoms with Crippen LogP contribution in [0.3, 0.4) is 0 Å². The van der Waals surface area contributed by atoms with Gasteiger partial charge in [-0.2, -0.15) is 17.0 Å². The third-order valence-corrected chi connectivity index (χ3v) is 3.59. The van der Waals surface area contributed by atoms with Crippen LogP contribution in [0.25, 0.3) is 0 Å². The summed E-state index contributed by atoms with van der Waals surface area (Å²) in [5.74, 6) is -0.688. The van der Waals surface area contributed by atoms with E-state index in [0.717, 1.165) is 5.56 Å². The molecule has 0 heterocycles. The van der Waals surface area contributed by atoms with Crippen molar-refractivity contribution in [1.82, 2.24) is 10.6 Å². The maximum absolute atomic E-state index is 11.7. The summed E-state index contributed by atoms with van der Waals surface area (Å²) >= 11 is 1.54. The topological polar surface area (TPSA) is 102 Å². The third kappa shape index (κ3) is 6.61. The van der Waals surface area contributed by atoms with Crippen LogP contribution in [0.15, 0.2) is 24.3 Å². The molecule has 0 aromatic heterocycles. The molecule has 0 saturated heterocycles. The first-order valence-electron chi connectivity index (χ1n) is 6.77. The molecule has 0 aliphatic carbocycles. The molecule has 1 aromatic carbocycles. The maximum Gasteiger partial charge on any atom is 0.326 e. The van der Waals surface area contributed by atoms with E-state index < -0.39 is 12.0 Å². The highest BCUT2D eigenvalue weighted by atomic mass is 32.2. The van der Waals surface area contributed by atoms with Gasteiger partial charge >= 0.3 is 5.97 Å². The maximum atomic E-state index is 11.7. The number of carbonyl (C=O) groups excluding carboxylic acids is 1. The Labute approximate surface area is 133 Å². The molecular formula is C15H19N3O3S. The Morgan fingerprint density at radius 1 is 1.36 bits per heavy atom. The van der Waals surface area contributed by atoms with Gasteiger partial charge in [-0.15, -0.1) is 0 Å². The molecule has 0 fully saturated rings. The molecule has 0 saturated carbocycles. The predicted octanol–water partition coefficient (Wildman–Crippen LogP) is 0.970. The van der Waals surface area contributed by atoms with Crippen LogP contribution in [0.5, 0.6) is 0 Å². The minimum Gasteiger partial charge on any atom is -0.480 e. The van der Waals surface area contributed by atoms with Crippen molar-refractivity contribution in [3.8, 4) is 6.07 Å². The molecule has 118 valence electrons. The minimum atomic E-state index is -1.02. The van der Waals surface area contributed by atoms with Crippen LogP contribution in [0.1, 0.15) is 17.5 Å². The molecular weight excluding hydrogens is 302 g/mol. The molecule has 1 amide bonds. The second kappa shape index (κ2) is 9.82. The van der Waals surface area contributed by atoms with E-state index in [4.69, 9.17) is 10.4 Å². The molecule has 3 N–H and O–H groups in total. The van der Waals surface area contributed by atoms with Crippen molar-refractivity contribution in [2.24, 2.45) is 0 Å². The van der Waals surface area contributed by atoms with Crippen molar-refractivity contribution >= 4 is 23.6 Å². The lowest BCUT2D eigenvalue weighted by molar-refractivity contribution is -0.141. The minimum absolute atomic E-state index is 0.0447. The average Bonchev–Trinajstić information content (AvgIpc) is 2.51. The Kier molecular flexibility index (Phi) is 8.04. The number of hydrogen-bond donors (Lipinski definition) is 3. The number of nitriles is 1. The van der Waals surface area contributed by atoms with Gasteiger partial charge in [0.15, 0.2) is 0 Å². The number of nitrogens with one attached hydrogen (secondary N) is 2. The first kappa shape index (κ1) is 18.0. The van der Waals surface area contributed by atoms with Crippen LogP contribution in [0.4, 0.5) is 0 Å². The molecule has 0 radical (unpaired) electrons. The standard InChI is InChI=1S/C15H19N3O3S/c1-22-7-6-13(15(20)21)18-14(19)10-17-9-12-4-2-11(8-16)3-5-12/h2-5,13,17H,6-7,9-10H2,1H3,(H,18,19)(H,20,21)/t13-/m0/s1. The number of carboxylic acid groups (broad SMARTS) is 1. The monoisotopic (exact) mass is 321 g/mol. The smallest absolute Gasteiger partial charge is 0.326 e. The Morgan fingerprint density at radius 3 is 2.59 bits per heavy atom. The fraction of sp³-hybridized carbons (Fsp3) is 0.400. The van der Waals surface area contributed by atoms with E-state index >= 15 is 0 Å². The largest absolute Gasteiger partial charge is 0.480 e. The van der Waals surface area contributed by atoms with Gasteiger partial charge in [0.25, 0.3) is 0 Å². The Morgan fingerprint density at radius 2 is 2.05 bits per heavy atom. The van der Waals surface area contributed by atoms with Gasteiger partial charge in [0.2, 0.25) is 5.91 Å². The highest BCUT2D eigenvalue weighted by Crippen LogP contribution is 2.03. The fourth-order valence-electron chi connectivity index (χ4n) is 1.76. The Bertz CT molecular complexity index is 540. The van der Waals surface area contributed by atoms with E-state index in [2.05, 4.69) is 10.6 Å². The van der Waals surface area contributed by atoms with Crippen LogP contribution in [0.2, 0.25) is 0 Å². The number of carboxylic acids is 1. The normalized spacial score (nSPS) is 11.5. The van der Waals surface area contributed by atoms with E-state index in [0.29, 0.717) is 24.3 Å². The van der Waals surface area contributed by atoms with Crippen LogP contribution < -0.4 is 10.6 Å². The summed E-state index contributed by atoms with van der Waals surface area (Å²) in [5, 5.41) is 23.2. The highest BCUT2D eigenvalue weighted by molar-refractivity contribution is 7.98. The van der Waals surface area contributed by atoms with Crippen molar-refractivity contribution in [1.29, 1.82) is 5.26 Å². The van der Waals surface area contributed by atoms with Gasteiger partial charge in [-0.25, -0.2) is 4.79 Å². The molecule has 1 rings (SSSR count). The molecule has 22 heavy (non-hydrogen) atoms. The van der Waals surface area contributed by atoms with Crippen molar-refractivity contribution in [3.05, 3.63) is 35.4 Å². The van der Waals surface area contributed by atoms with Gasteiger partial charge in [-0.1, -0.05) is 12.1 Å². The second-order valence-electron chi connectivity index (χ2n) is 4.65. The summed E-state index contributed by atoms with van der Waals surface area (Å²) in [6.07, 6.45) is 2.29. The molecule has 7 heteroatoms. The molecule has 1 aromatic rings. The highest BCUT2D eigenvalue weighted by Gasteiger charge is 2.18. The van der Waals surface area contributed by atoms with E-state index in [1.807, 2.05) is 24.5 Å². The van der Waals surface area contributed by atoms with E-state index in [1.165, 1.54) is 11.8 Å². The summed E-state index contributed by atoms with van der Waals surface area (Å²) in [4.78, 5) is 22.8. The summed E-state index contributed by atoms with van der Waals surface area (Å²) in [7, 11) is 0. The zero-order chi connectivity index (χ0) is 16.4. The van der Waals surface area contributed by atoms with E-state index in [-0.39, 0.29) is 12.5 Å². The van der Waals surface area contributed by atoms with Gasteiger partial charge < -0.3 is 15.7 Å². The lowest BCUT2D eigenvalue weighted by Crippen LogP contribution is -2.44. The van der Waals surface area contributed by atoms with Gasteiger partial charge in [0.1, 0.15) is 6.04 Å². The van der Waals surface area contributed by atoms with Crippen molar-refractivity contribution in [3.63, 3.8) is 0 Å². The van der Waals surface area contributed by atoms with Gasteiger partial charge in [0, 0.05) is 6.54 Å². The number of benzene rings is 1. The number of rotatable bonds is 9. The zero-order valence-corrected chi connectivity index (χ0v) is 13.2. The van der Waals surface area contributed by atoms with Gasteiger partial charge in [0.05, 0.1) is 18.2 Å². The van der Waals surface area contributed by atoms with Gasteiger partial charge in [-0.05, 0) is 36.1 Å². The van der Waals surface area contributed by atoms with Crippen LogP contribution >= 0.6 is 11.8 Å². The summed E-state index contributed by atoms with van der Waals surface area (Å²) in [6.45, 7) is 0.519. The molecule has 0 bridgehead atoms. The lowest BCUT2D eigenvalue weighted by atomic mass is 10.1. The molecule has 0 spiro atoms. The third-order valence-electron chi connectivity index (χ3n) is 2.94. The first-order valence-corrected chi connectivity index (χ1v) is 8.17.